The van der Waals surface area contributed by atoms with Crippen molar-refractivity contribution in [2.24, 2.45) is 0 Å². The van der Waals surface area contributed by atoms with E-state index in [-0.39, 0.29) is 11.1 Å². The van der Waals surface area contributed by atoms with Crippen LogP contribution in [0.1, 0.15) is 29.8 Å². The fourth-order valence-electron chi connectivity index (χ4n) is 2.33. The summed E-state index contributed by atoms with van der Waals surface area (Å²) >= 11 is 9.16. The predicted molar refractivity (Wildman–Crippen MR) is 78.5 cm³/mol. The number of aliphatic hydroxyl groups excluding tert-OH is 1. The summed E-state index contributed by atoms with van der Waals surface area (Å²) in [6, 6.07) is 9.98. The summed E-state index contributed by atoms with van der Waals surface area (Å²) in [6.45, 7) is 0. The second kappa shape index (κ2) is 5.35. The molecule has 0 saturated heterocycles. The van der Waals surface area contributed by atoms with Crippen molar-refractivity contribution in [2.75, 3.05) is 0 Å². The van der Waals surface area contributed by atoms with Crippen LogP contribution in [0.5, 0.6) is 5.75 Å². The molecule has 0 spiro atoms. The highest BCUT2D eigenvalue weighted by molar-refractivity contribution is 9.10. The van der Waals surface area contributed by atoms with Crippen molar-refractivity contribution < 1.29 is 14.2 Å². The van der Waals surface area contributed by atoms with E-state index in [1.807, 2.05) is 12.1 Å². The first-order valence-electron chi connectivity index (χ1n) is 6.13. The quantitative estimate of drug-likeness (QED) is 0.794. The Labute approximate surface area is 129 Å². The molecule has 0 amide bonds. The van der Waals surface area contributed by atoms with E-state index in [9.17, 15) is 9.50 Å². The minimum atomic E-state index is -0.620. The molecule has 1 aliphatic rings. The molecule has 5 heteroatoms. The Morgan fingerprint density at radius 3 is 2.80 bits per heavy atom. The van der Waals surface area contributed by atoms with Crippen LogP contribution in [-0.4, -0.2) is 5.11 Å². The van der Waals surface area contributed by atoms with Gasteiger partial charge in [0.05, 0.1) is 11.1 Å². The van der Waals surface area contributed by atoms with E-state index in [0.717, 1.165) is 15.6 Å². The van der Waals surface area contributed by atoms with E-state index in [0.29, 0.717) is 12.2 Å². The van der Waals surface area contributed by atoms with E-state index in [1.165, 1.54) is 12.1 Å². The number of benzene rings is 2. The zero-order valence-corrected chi connectivity index (χ0v) is 12.7. The van der Waals surface area contributed by atoms with Gasteiger partial charge in [0, 0.05) is 16.5 Å². The monoisotopic (exact) mass is 356 g/mol. The van der Waals surface area contributed by atoms with Gasteiger partial charge in [-0.15, -0.1) is 0 Å². The van der Waals surface area contributed by atoms with E-state index in [4.69, 9.17) is 16.3 Å². The average Bonchev–Trinajstić information content (AvgIpc) is 2.42. The second-order valence-corrected chi connectivity index (χ2v) is 6.04. The lowest BCUT2D eigenvalue weighted by molar-refractivity contribution is 0.0656. The van der Waals surface area contributed by atoms with Crippen LogP contribution in [0.3, 0.4) is 0 Å². The summed E-state index contributed by atoms with van der Waals surface area (Å²) in [4.78, 5) is 0. The number of halogens is 3. The van der Waals surface area contributed by atoms with Gasteiger partial charge >= 0.3 is 0 Å². The average molecular weight is 358 g/mol. The Hall–Kier alpha value is -1.10. The minimum absolute atomic E-state index is 0.0576. The number of aliphatic hydroxyl groups is 1. The molecule has 2 aromatic rings. The Morgan fingerprint density at radius 1 is 1.25 bits per heavy atom. The van der Waals surface area contributed by atoms with Crippen molar-refractivity contribution in [1.29, 1.82) is 0 Å². The third-order valence-electron chi connectivity index (χ3n) is 3.35. The van der Waals surface area contributed by atoms with Crippen molar-refractivity contribution in [3.63, 3.8) is 0 Å². The highest BCUT2D eigenvalue weighted by Crippen LogP contribution is 2.42. The second-order valence-electron chi connectivity index (χ2n) is 4.71. The summed E-state index contributed by atoms with van der Waals surface area (Å²) in [6.07, 6.45) is -0.548. The summed E-state index contributed by atoms with van der Waals surface area (Å²) < 4.78 is 20.0. The van der Waals surface area contributed by atoms with Gasteiger partial charge in [0.25, 0.3) is 0 Å². The number of rotatable bonds is 1. The van der Waals surface area contributed by atoms with Gasteiger partial charge in [-0.2, -0.15) is 0 Å². The molecular weight excluding hydrogens is 347 g/mol. The van der Waals surface area contributed by atoms with Crippen LogP contribution in [0, 0.1) is 5.82 Å². The maximum atomic E-state index is 13.2. The zero-order chi connectivity index (χ0) is 14.3. The van der Waals surface area contributed by atoms with Gasteiger partial charge < -0.3 is 9.84 Å². The lowest BCUT2D eigenvalue weighted by Gasteiger charge is -2.30. The molecule has 1 N–H and O–H groups in total. The van der Waals surface area contributed by atoms with Crippen LogP contribution in [0.25, 0.3) is 0 Å². The van der Waals surface area contributed by atoms with Gasteiger partial charge in [-0.3, -0.25) is 0 Å². The van der Waals surface area contributed by atoms with Crippen molar-refractivity contribution in [3.8, 4) is 5.75 Å². The minimum Gasteiger partial charge on any atom is -0.485 e. The van der Waals surface area contributed by atoms with Gasteiger partial charge in [0.15, 0.2) is 0 Å². The summed E-state index contributed by atoms with van der Waals surface area (Å²) in [5, 5.41) is 10.3. The topological polar surface area (TPSA) is 29.5 Å². The fraction of sp³-hybridized carbons (Fsp3) is 0.200. The number of hydrogen-bond acceptors (Lipinski definition) is 2. The van der Waals surface area contributed by atoms with Crippen molar-refractivity contribution >= 4 is 27.5 Å². The number of hydrogen-bond donors (Lipinski definition) is 1. The molecule has 1 aliphatic heterocycles. The first-order chi connectivity index (χ1) is 9.54. The summed E-state index contributed by atoms with van der Waals surface area (Å²) in [5.41, 5.74) is 1.51. The van der Waals surface area contributed by atoms with Crippen LogP contribution in [0.4, 0.5) is 4.39 Å². The SMILES string of the molecule is O[C@@H]1CC(c2ccc(F)c(Cl)c2)Oc2ccc(Br)cc21. The molecule has 0 fully saturated rings. The van der Waals surface area contributed by atoms with E-state index in [2.05, 4.69) is 15.9 Å². The number of fused-ring (bicyclic) bond motifs is 1. The van der Waals surface area contributed by atoms with Gasteiger partial charge in [0.2, 0.25) is 0 Å². The summed E-state index contributed by atoms with van der Waals surface area (Å²) in [5.74, 6) is 0.175. The molecule has 2 nitrogen and oxygen atoms in total. The van der Waals surface area contributed by atoms with E-state index < -0.39 is 11.9 Å². The maximum Gasteiger partial charge on any atom is 0.141 e. The van der Waals surface area contributed by atoms with Crippen LogP contribution in [-0.2, 0) is 0 Å². The molecule has 1 unspecified atom stereocenters. The Kier molecular flexibility index (Phi) is 3.71. The molecule has 0 saturated carbocycles. The van der Waals surface area contributed by atoms with Crippen LogP contribution >= 0.6 is 27.5 Å². The third kappa shape index (κ3) is 2.55. The van der Waals surface area contributed by atoms with Crippen molar-refractivity contribution in [2.45, 2.75) is 18.6 Å². The first-order valence-corrected chi connectivity index (χ1v) is 7.31. The molecule has 0 bridgehead atoms. The summed E-state index contributed by atoms with van der Waals surface area (Å²) in [7, 11) is 0. The van der Waals surface area contributed by atoms with Gasteiger partial charge in [-0.05, 0) is 35.9 Å². The van der Waals surface area contributed by atoms with Gasteiger partial charge in [0.1, 0.15) is 17.7 Å². The molecule has 1 heterocycles. The lowest BCUT2D eigenvalue weighted by Crippen LogP contribution is -2.19. The predicted octanol–water partition coefficient (Wildman–Crippen LogP) is 4.80. The molecule has 20 heavy (non-hydrogen) atoms. The third-order valence-corrected chi connectivity index (χ3v) is 4.14. The Balaban J connectivity index is 1.94. The fourth-order valence-corrected chi connectivity index (χ4v) is 2.90. The highest BCUT2D eigenvalue weighted by Gasteiger charge is 2.28. The maximum absolute atomic E-state index is 13.2. The van der Waals surface area contributed by atoms with Crippen LogP contribution in [0.2, 0.25) is 5.02 Å². The zero-order valence-electron chi connectivity index (χ0n) is 10.3. The standard InChI is InChI=1S/C15H11BrClFO2/c16-9-2-4-14-10(6-9)13(19)7-15(20-14)8-1-3-12(18)11(17)5-8/h1-6,13,15,19H,7H2/t13-,15?/m1/s1. The van der Waals surface area contributed by atoms with Crippen LogP contribution < -0.4 is 4.74 Å². The molecule has 0 aliphatic carbocycles. The van der Waals surface area contributed by atoms with E-state index >= 15 is 0 Å². The highest BCUT2D eigenvalue weighted by atomic mass is 79.9. The van der Waals surface area contributed by atoms with Crippen molar-refractivity contribution in [3.05, 3.63) is 62.8 Å². The Bertz CT molecular complexity index is 662. The smallest absolute Gasteiger partial charge is 0.141 e. The van der Waals surface area contributed by atoms with Crippen LogP contribution in [0.15, 0.2) is 40.9 Å². The molecular formula is C15H11BrClFO2. The van der Waals surface area contributed by atoms with Gasteiger partial charge in [-0.25, -0.2) is 4.39 Å². The lowest BCUT2D eigenvalue weighted by atomic mass is 9.95. The molecule has 2 atom stereocenters. The molecule has 104 valence electrons. The molecule has 0 radical (unpaired) electrons. The normalized spacial score (nSPS) is 21.2. The molecule has 0 aromatic heterocycles. The largest absolute Gasteiger partial charge is 0.485 e. The van der Waals surface area contributed by atoms with Crippen molar-refractivity contribution in [1.82, 2.24) is 0 Å². The molecule has 3 rings (SSSR count). The number of ether oxygens (including phenoxy) is 1. The van der Waals surface area contributed by atoms with Gasteiger partial charge in [-0.1, -0.05) is 33.6 Å². The Morgan fingerprint density at radius 2 is 2.05 bits per heavy atom. The first kappa shape index (κ1) is 13.9. The van der Waals surface area contributed by atoms with E-state index in [1.54, 1.807) is 12.1 Å². The molecule has 2 aromatic carbocycles.